The van der Waals surface area contributed by atoms with Crippen LogP contribution in [0, 0.1) is 5.92 Å². The zero-order valence-corrected chi connectivity index (χ0v) is 17.6. The number of hydrogen-bond donors (Lipinski definition) is 2. The molecular formula is C17H28Cl2N4O3S. The van der Waals surface area contributed by atoms with E-state index in [0.29, 0.717) is 32.5 Å². The SMILES string of the molecule is Cl.Cl.NCC1(NC(=O)C2CCN(S(=O)(=O)c3cccnc3)CC2)CCCC1. The van der Waals surface area contributed by atoms with Crippen LogP contribution in [-0.4, -0.2) is 48.8 Å². The lowest BCUT2D eigenvalue weighted by molar-refractivity contribution is -0.128. The van der Waals surface area contributed by atoms with E-state index in [1.807, 2.05) is 0 Å². The Balaban J connectivity index is 0.00000182. The van der Waals surface area contributed by atoms with Gasteiger partial charge in [0.1, 0.15) is 4.90 Å². The van der Waals surface area contributed by atoms with E-state index < -0.39 is 10.0 Å². The van der Waals surface area contributed by atoms with Crippen molar-refractivity contribution in [2.45, 2.75) is 49.0 Å². The average molecular weight is 439 g/mol. The summed E-state index contributed by atoms with van der Waals surface area (Å²) in [7, 11) is -3.53. The van der Waals surface area contributed by atoms with Gasteiger partial charge >= 0.3 is 0 Å². The summed E-state index contributed by atoms with van der Waals surface area (Å²) in [4.78, 5) is 16.7. The molecule has 2 heterocycles. The Labute approximate surface area is 173 Å². The molecule has 7 nitrogen and oxygen atoms in total. The first-order valence-electron chi connectivity index (χ1n) is 8.89. The Morgan fingerprint density at radius 1 is 1.26 bits per heavy atom. The molecule has 1 aromatic heterocycles. The first-order valence-corrected chi connectivity index (χ1v) is 10.3. The van der Waals surface area contributed by atoms with Crippen LogP contribution in [0.2, 0.25) is 0 Å². The first-order chi connectivity index (χ1) is 12.0. The number of nitrogens with one attached hydrogen (secondary N) is 1. The van der Waals surface area contributed by atoms with E-state index in [2.05, 4.69) is 10.3 Å². The zero-order chi connectivity index (χ0) is 17.9. The molecule has 0 atom stereocenters. The number of carbonyl (C=O) groups is 1. The van der Waals surface area contributed by atoms with Crippen LogP contribution in [0.25, 0.3) is 0 Å². The minimum atomic E-state index is -3.53. The van der Waals surface area contributed by atoms with Crippen molar-refractivity contribution in [1.82, 2.24) is 14.6 Å². The molecule has 1 amide bonds. The molecule has 0 unspecified atom stereocenters. The fourth-order valence-corrected chi connectivity index (χ4v) is 5.24. The number of hydrogen-bond acceptors (Lipinski definition) is 5. The minimum Gasteiger partial charge on any atom is -0.349 e. The number of carbonyl (C=O) groups excluding carboxylic acids is 1. The zero-order valence-electron chi connectivity index (χ0n) is 15.2. The van der Waals surface area contributed by atoms with Crippen molar-refractivity contribution < 1.29 is 13.2 Å². The quantitative estimate of drug-likeness (QED) is 0.727. The monoisotopic (exact) mass is 438 g/mol. The van der Waals surface area contributed by atoms with Gasteiger partial charge in [0, 0.05) is 37.9 Å². The molecule has 2 fully saturated rings. The Morgan fingerprint density at radius 2 is 1.89 bits per heavy atom. The summed E-state index contributed by atoms with van der Waals surface area (Å²) >= 11 is 0. The van der Waals surface area contributed by atoms with E-state index >= 15 is 0 Å². The minimum absolute atomic E-state index is 0. The molecule has 1 aliphatic carbocycles. The van der Waals surface area contributed by atoms with Gasteiger partial charge in [0.05, 0.1) is 5.54 Å². The lowest BCUT2D eigenvalue weighted by Gasteiger charge is -2.34. The Bertz CT molecular complexity index is 704. The van der Waals surface area contributed by atoms with Crippen molar-refractivity contribution >= 4 is 40.7 Å². The molecule has 10 heteroatoms. The molecule has 1 aliphatic heterocycles. The summed E-state index contributed by atoms with van der Waals surface area (Å²) in [6.45, 7) is 1.17. The van der Waals surface area contributed by atoms with E-state index in [1.54, 1.807) is 18.3 Å². The predicted octanol–water partition coefficient (Wildman–Crippen LogP) is 1.71. The second kappa shape index (κ2) is 10.0. The van der Waals surface area contributed by atoms with Gasteiger partial charge < -0.3 is 11.1 Å². The molecule has 3 N–H and O–H groups in total. The lowest BCUT2D eigenvalue weighted by atomic mass is 9.93. The molecule has 0 aromatic carbocycles. The fraction of sp³-hybridized carbons (Fsp3) is 0.647. The highest BCUT2D eigenvalue weighted by molar-refractivity contribution is 7.89. The number of sulfonamides is 1. The number of piperidine rings is 1. The van der Waals surface area contributed by atoms with Gasteiger partial charge in [0.2, 0.25) is 15.9 Å². The third kappa shape index (κ3) is 5.32. The van der Waals surface area contributed by atoms with Crippen LogP contribution in [0.1, 0.15) is 38.5 Å². The Morgan fingerprint density at radius 3 is 2.41 bits per heavy atom. The molecule has 1 saturated heterocycles. The van der Waals surface area contributed by atoms with Crippen LogP contribution < -0.4 is 11.1 Å². The molecule has 0 radical (unpaired) electrons. The van der Waals surface area contributed by atoms with Crippen molar-refractivity contribution in [3.8, 4) is 0 Å². The molecule has 1 aromatic rings. The molecule has 0 bridgehead atoms. The number of rotatable bonds is 5. The summed E-state index contributed by atoms with van der Waals surface area (Å²) in [5, 5.41) is 3.16. The van der Waals surface area contributed by atoms with E-state index in [1.165, 1.54) is 10.5 Å². The first kappa shape index (κ1) is 24.1. The third-order valence-electron chi connectivity index (χ3n) is 5.44. The number of pyridine rings is 1. The molecule has 27 heavy (non-hydrogen) atoms. The van der Waals surface area contributed by atoms with Crippen molar-refractivity contribution in [2.75, 3.05) is 19.6 Å². The number of nitrogens with two attached hydrogens (primary N) is 1. The van der Waals surface area contributed by atoms with Gasteiger partial charge in [-0.25, -0.2) is 8.42 Å². The van der Waals surface area contributed by atoms with Gasteiger partial charge in [0.25, 0.3) is 0 Å². The van der Waals surface area contributed by atoms with Crippen LogP contribution in [0.4, 0.5) is 0 Å². The van der Waals surface area contributed by atoms with Crippen LogP contribution in [0.3, 0.4) is 0 Å². The van der Waals surface area contributed by atoms with Crippen LogP contribution in [0.15, 0.2) is 29.4 Å². The molecular weight excluding hydrogens is 411 g/mol. The van der Waals surface area contributed by atoms with Gasteiger partial charge in [0.15, 0.2) is 0 Å². The normalized spacial score (nSPS) is 20.3. The largest absolute Gasteiger partial charge is 0.349 e. The molecule has 3 rings (SSSR count). The van der Waals surface area contributed by atoms with Gasteiger partial charge in [-0.15, -0.1) is 24.8 Å². The van der Waals surface area contributed by atoms with Gasteiger partial charge in [-0.05, 0) is 37.8 Å². The van der Waals surface area contributed by atoms with Crippen molar-refractivity contribution in [3.05, 3.63) is 24.5 Å². The number of aromatic nitrogens is 1. The van der Waals surface area contributed by atoms with Crippen LogP contribution in [-0.2, 0) is 14.8 Å². The summed E-state index contributed by atoms with van der Waals surface area (Å²) in [5.41, 5.74) is 5.63. The maximum absolute atomic E-state index is 12.6. The highest BCUT2D eigenvalue weighted by Crippen LogP contribution is 2.30. The van der Waals surface area contributed by atoms with E-state index in [4.69, 9.17) is 5.73 Å². The van der Waals surface area contributed by atoms with Crippen molar-refractivity contribution in [3.63, 3.8) is 0 Å². The maximum atomic E-state index is 12.6. The van der Waals surface area contributed by atoms with E-state index in [-0.39, 0.29) is 47.1 Å². The van der Waals surface area contributed by atoms with Crippen molar-refractivity contribution in [1.29, 1.82) is 0 Å². The van der Waals surface area contributed by atoms with Gasteiger partial charge in [-0.3, -0.25) is 9.78 Å². The summed E-state index contributed by atoms with van der Waals surface area (Å²) in [6, 6.07) is 3.16. The maximum Gasteiger partial charge on any atom is 0.244 e. The van der Waals surface area contributed by atoms with E-state index in [9.17, 15) is 13.2 Å². The average Bonchev–Trinajstić information content (AvgIpc) is 3.11. The molecule has 0 spiro atoms. The number of amides is 1. The number of halogens is 2. The predicted molar refractivity (Wildman–Crippen MR) is 109 cm³/mol. The second-order valence-electron chi connectivity index (χ2n) is 7.05. The van der Waals surface area contributed by atoms with Gasteiger partial charge in [-0.2, -0.15) is 4.31 Å². The van der Waals surface area contributed by atoms with Gasteiger partial charge in [-0.1, -0.05) is 12.8 Å². The van der Waals surface area contributed by atoms with E-state index in [0.717, 1.165) is 25.7 Å². The lowest BCUT2D eigenvalue weighted by Crippen LogP contribution is -2.54. The summed E-state index contributed by atoms with van der Waals surface area (Å²) < 4.78 is 26.7. The van der Waals surface area contributed by atoms with Crippen molar-refractivity contribution in [2.24, 2.45) is 11.7 Å². The standard InChI is InChI=1S/C17H26N4O3S.2ClH/c18-13-17(7-1-2-8-17)20-16(22)14-5-10-21(11-6-14)25(23,24)15-4-3-9-19-12-15;;/h3-4,9,12,14H,1-2,5-8,10-11,13,18H2,(H,20,22);2*1H. The molecule has 154 valence electrons. The second-order valence-corrected chi connectivity index (χ2v) is 8.99. The van der Waals surface area contributed by atoms with Crippen LogP contribution >= 0.6 is 24.8 Å². The Hall–Kier alpha value is -0.930. The fourth-order valence-electron chi connectivity index (χ4n) is 3.80. The highest BCUT2D eigenvalue weighted by atomic mass is 35.5. The molecule has 2 aliphatic rings. The summed E-state index contributed by atoms with van der Waals surface area (Å²) in [6.07, 6.45) is 8.04. The topological polar surface area (TPSA) is 105 Å². The smallest absolute Gasteiger partial charge is 0.244 e. The third-order valence-corrected chi connectivity index (χ3v) is 7.32. The van der Waals surface area contributed by atoms with Crippen LogP contribution in [0.5, 0.6) is 0 Å². The summed E-state index contributed by atoms with van der Waals surface area (Å²) in [5.74, 6) is -0.129. The number of nitrogens with zero attached hydrogens (tertiary/aromatic N) is 2. The Kier molecular flexibility index (Phi) is 8.95. The molecule has 1 saturated carbocycles. The highest BCUT2D eigenvalue weighted by Gasteiger charge is 2.37.